The van der Waals surface area contributed by atoms with E-state index in [0.29, 0.717) is 6.42 Å². The van der Waals surface area contributed by atoms with Gasteiger partial charge in [0.2, 0.25) is 5.91 Å². The molecule has 1 amide bonds. The number of fused-ring (bicyclic) bond motifs is 1. The van der Waals surface area contributed by atoms with Crippen molar-refractivity contribution in [2.45, 2.75) is 96.4 Å². The first-order valence-corrected chi connectivity index (χ1v) is 11.7. The summed E-state index contributed by atoms with van der Waals surface area (Å²) in [6.45, 7) is 2.24. The number of amides is 1. The van der Waals surface area contributed by atoms with Gasteiger partial charge in [-0.25, -0.2) is 0 Å². The van der Waals surface area contributed by atoms with Crippen LogP contribution >= 0.6 is 0 Å². The molecule has 0 aliphatic heterocycles. The monoisotopic (exact) mass is 436 g/mol. The predicted octanol–water partition coefficient (Wildman–Crippen LogP) is 1.65. The van der Waals surface area contributed by atoms with Gasteiger partial charge in [-0.15, -0.1) is 0 Å². The molecule has 1 atom stereocenters. The molecule has 1 aromatic carbocycles. The van der Waals surface area contributed by atoms with Gasteiger partial charge in [-0.05, 0) is 18.1 Å². The van der Waals surface area contributed by atoms with Crippen LogP contribution in [0.25, 0.3) is 10.9 Å². The largest absolute Gasteiger partial charge is 1.00 e. The van der Waals surface area contributed by atoms with Crippen molar-refractivity contribution in [2.75, 3.05) is 0 Å². The van der Waals surface area contributed by atoms with Crippen LogP contribution in [0.4, 0.5) is 0 Å². The molecular weight excluding hydrogens is 399 g/mol. The van der Waals surface area contributed by atoms with Gasteiger partial charge in [-0.2, -0.15) is 0 Å². The van der Waals surface area contributed by atoms with Gasteiger partial charge in [0, 0.05) is 29.9 Å². The van der Waals surface area contributed by atoms with Gasteiger partial charge >= 0.3 is 29.6 Å². The number of hydrogen-bond acceptors (Lipinski definition) is 3. The van der Waals surface area contributed by atoms with Crippen LogP contribution in [-0.4, -0.2) is 22.9 Å². The Morgan fingerprint density at radius 1 is 0.935 bits per heavy atom. The Bertz CT molecular complexity index is 775. The van der Waals surface area contributed by atoms with Crippen LogP contribution in [0.1, 0.15) is 89.5 Å². The van der Waals surface area contributed by atoms with E-state index in [-0.39, 0.29) is 41.9 Å². The summed E-state index contributed by atoms with van der Waals surface area (Å²) in [5.74, 6) is -1.45. The Hall–Kier alpha value is -1.30. The van der Waals surface area contributed by atoms with Gasteiger partial charge in [0.15, 0.2) is 0 Å². The van der Waals surface area contributed by atoms with E-state index in [1.807, 2.05) is 24.3 Å². The number of para-hydroxylation sites is 1. The maximum absolute atomic E-state index is 12.2. The number of aromatic nitrogens is 1. The first-order valence-electron chi connectivity index (χ1n) is 11.7. The van der Waals surface area contributed by atoms with E-state index in [0.717, 1.165) is 35.7 Å². The van der Waals surface area contributed by atoms with Crippen LogP contribution in [0.2, 0.25) is 0 Å². The van der Waals surface area contributed by atoms with E-state index in [1.54, 1.807) is 6.20 Å². The van der Waals surface area contributed by atoms with Crippen LogP contribution in [0, 0.1) is 0 Å². The molecule has 0 aliphatic carbocycles. The number of carbonyl (C=O) groups is 2. The number of carbonyl (C=O) groups excluding carboxylic acids is 2. The van der Waals surface area contributed by atoms with Gasteiger partial charge in [0.1, 0.15) is 0 Å². The van der Waals surface area contributed by atoms with Gasteiger partial charge < -0.3 is 20.2 Å². The summed E-state index contributed by atoms with van der Waals surface area (Å²) in [6.07, 6.45) is 15.8. The summed E-state index contributed by atoms with van der Waals surface area (Å²) in [4.78, 5) is 26.9. The Morgan fingerprint density at radius 3 is 2.13 bits per heavy atom. The number of benzene rings is 1. The molecule has 2 rings (SSSR count). The second-order valence-electron chi connectivity index (χ2n) is 8.29. The van der Waals surface area contributed by atoms with Crippen molar-refractivity contribution in [2.24, 2.45) is 0 Å². The summed E-state index contributed by atoms with van der Waals surface area (Å²) in [5.41, 5.74) is 1.83. The van der Waals surface area contributed by atoms with Crippen LogP contribution in [0.3, 0.4) is 0 Å². The third kappa shape index (κ3) is 10.7. The summed E-state index contributed by atoms with van der Waals surface area (Å²) >= 11 is 0. The Labute approximate surface area is 209 Å². The van der Waals surface area contributed by atoms with Crippen molar-refractivity contribution in [1.29, 1.82) is 0 Å². The molecule has 6 heteroatoms. The van der Waals surface area contributed by atoms with Crippen molar-refractivity contribution in [1.82, 2.24) is 10.3 Å². The molecule has 0 radical (unpaired) electrons. The normalized spacial score (nSPS) is 11.8. The van der Waals surface area contributed by atoms with Gasteiger partial charge in [-0.3, -0.25) is 4.79 Å². The maximum Gasteiger partial charge on any atom is 1.00 e. The van der Waals surface area contributed by atoms with Crippen molar-refractivity contribution >= 4 is 22.8 Å². The van der Waals surface area contributed by atoms with E-state index in [1.165, 1.54) is 51.4 Å². The minimum absolute atomic E-state index is 0. The topological polar surface area (TPSA) is 85.0 Å². The molecule has 166 valence electrons. The van der Waals surface area contributed by atoms with Crippen molar-refractivity contribution in [3.63, 3.8) is 0 Å². The van der Waals surface area contributed by atoms with E-state index < -0.39 is 12.0 Å². The molecule has 0 fully saturated rings. The van der Waals surface area contributed by atoms with Gasteiger partial charge in [0.05, 0.1) is 12.0 Å². The Morgan fingerprint density at radius 2 is 1.52 bits per heavy atom. The summed E-state index contributed by atoms with van der Waals surface area (Å²) < 4.78 is 0. The third-order valence-electron chi connectivity index (χ3n) is 5.73. The van der Waals surface area contributed by atoms with Gasteiger partial charge in [-0.1, -0.05) is 89.3 Å². The number of H-pyrrole nitrogens is 1. The molecule has 0 unspecified atom stereocenters. The average Bonchev–Trinajstić information content (AvgIpc) is 3.14. The van der Waals surface area contributed by atoms with Crippen LogP contribution in [0.15, 0.2) is 30.5 Å². The fraction of sp³-hybridized carbons (Fsp3) is 0.600. The molecule has 1 heterocycles. The predicted molar refractivity (Wildman–Crippen MR) is 120 cm³/mol. The summed E-state index contributed by atoms with van der Waals surface area (Å²) in [5, 5.41) is 15.1. The SMILES string of the molecule is CCCCCCCCCCCCCC(=O)N[C@@H](Cc1c[nH]c2ccccc12)C(=O)[O-].[Na+]. The van der Waals surface area contributed by atoms with Crippen molar-refractivity contribution in [3.8, 4) is 0 Å². The number of aromatic amines is 1. The molecule has 0 bridgehead atoms. The Balaban J connectivity index is 0.00000480. The number of unbranched alkanes of at least 4 members (excludes halogenated alkanes) is 10. The van der Waals surface area contributed by atoms with E-state index in [4.69, 9.17) is 0 Å². The molecule has 0 aliphatic rings. The summed E-state index contributed by atoms with van der Waals surface area (Å²) in [6, 6.07) is 6.72. The minimum atomic E-state index is -1.24. The third-order valence-corrected chi connectivity index (χ3v) is 5.73. The average molecular weight is 437 g/mol. The molecule has 31 heavy (non-hydrogen) atoms. The summed E-state index contributed by atoms with van der Waals surface area (Å²) in [7, 11) is 0. The molecule has 0 saturated carbocycles. The fourth-order valence-corrected chi connectivity index (χ4v) is 3.93. The zero-order valence-electron chi connectivity index (χ0n) is 19.4. The number of carboxylic acid groups (broad SMARTS) is 1. The number of aliphatic carboxylic acids is 1. The first-order chi connectivity index (χ1) is 14.6. The fourth-order valence-electron chi connectivity index (χ4n) is 3.93. The number of nitrogens with one attached hydrogen (secondary N) is 2. The quantitative estimate of drug-likeness (QED) is 0.310. The Kier molecular flexibility index (Phi) is 14.6. The number of hydrogen-bond donors (Lipinski definition) is 2. The first kappa shape index (κ1) is 27.7. The second kappa shape index (κ2) is 16.3. The van der Waals surface area contributed by atoms with Gasteiger partial charge in [0.25, 0.3) is 0 Å². The molecule has 0 saturated heterocycles. The molecule has 1 aromatic heterocycles. The zero-order valence-corrected chi connectivity index (χ0v) is 21.4. The van der Waals surface area contributed by atoms with E-state index in [2.05, 4.69) is 17.2 Å². The second-order valence-corrected chi connectivity index (χ2v) is 8.29. The smallest absolute Gasteiger partial charge is 0.548 e. The van der Waals surface area contributed by atoms with Crippen LogP contribution < -0.4 is 40.0 Å². The zero-order chi connectivity index (χ0) is 21.6. The van der Waals surface area contributed by atoms with Crippen LogP contribution in [0.5, 0.6) is 0 Å². The van der Waals surface area contributed by atoms with Crippen molar-refractivity contribution < 1.29 is 44.3 Å². The van der Waals surface area contributed by atoms with Crippen LogP contribution in [-0.2, 0) is 16.0 Å². The number of carboxylic acids is 1. The standard InChI is InChI=1S/C25H38N2O3.Na/c1-2-3-4-5-6-7-8-9-10-11-12-17-24(28)27-23(25(29)30)18-20-19-26-22-16-14-13-15-21(20)22;/h13-16,19,23,26H,2-12,17-18H2,1H3,(H,27,28)(H,29,30);/q;+1/p-1/t23-;/m0./s1. The molecule has 2 N–H and O–H groups in total. The number of rotatable bonds is 16. The van der Waals surface area contributed by atoms with Crippen molar-refractivity contribution in [3.05, 3.63) is 36.0 Å². The van der Waals surface area contributed by atoms with E-state index in [9.17, 15) is 14.7 Å². The van der Waals surface area contributed by atoms with E-state index >= 15 is 0 Å². The molecule has 2 aromatic rings. The minimum Gasteiger partial charge on any atom is -0.548 e. The molecular formula is C25H37N2NaO3. The molecule has 0 spiro atoms. The maximum atomic E-state index is 12.2. The molecule has 5 nitrogen and oxygen atoms in total.